The summed E-state index contributed by atoms with van der Waals surface area (Å²) in [5.41, 5.74) is 0. The third kappa shape index (κ3) is 23.0. The number of nitrogens with one attached hydrogen (secondary N) is 1. The summed E-state index contributed by atoms with van der Waals surface area (Å²) in [7, 11) is 0. The van der Waals surface area contributed by atoms with Gasteiger partial charge in [0.25, 0.3) is 0 Å². The second kappa shape index (κ2) is 23.0. The minimum atomic E-state index is 1.37. The van der Waals surface area contributed by atoms with Gasteiger partial charge in [-0.2, -0.15) is 0 Å². The van der Waals surface area contributed by atoms with E-state index in [9.17, 15) is 0 Å². The zero-order valence-corrected chi connectivity index (χ0v) is 17.3. The quantitative estimate of drug-likeness (QED) is 0.293. The number of hydrogen-bond donors (Lipinski definition) is 1. The zero-order valence-electron chi connectivity index (χ0n) is 17.3. The minimum Gasteiger partial charge on any atom is -0.368 e. The van der Waals surface area contributed by atoms with Gasteiger partial charge in [0.1, 0.15) is 0 Å². The van der Waals surface area contributed by atoms with E-state index in [4.69, 9.17) is 0 Å². The number of allylic oxidation sites excluding steroid dienone is 4. The van der Waals surface area contributed by atoms with E-state index in [-0.39, 0.29) is 0 Å². The van der Waals surface area contributed by atoms with Crippen molar-refractivity contribution in [2.24, 2.45) is 0 Å². The number of unbranched alkanes of at least 4 members (excludes halogenated alkanes) is 15. The maximum Gasteiger partial charge on any atom is 0.000442 e. The Morgan fingerprint density at radius 3 is 0.960 bits per heavy atom. The van der Waals surface area contributed by atoms with Crippen LogP contribution in [0.1, 0.15) is 117 Å². The first-order valence-corrected chi connectivity index (χ1v) is 11.2. The third-order valence-electron chi connectivity index (χ3n) is 4.68. The molecule has 1 heteroatoms. The Labute approximate surface area is 159 Å². The highest BCUT2D eigenvalue weighted by molar-refractivity contribution is 5.14. The van der Waals surface area contributed by atoms with Gasteiger partial charge in [0, 0.05) is 12.4 Å². The molecule has 0 saturated carbocycles. The Balaban J connectivity index is 0.000000676. The Kier molecular flexibility index (Phi) is 22.1. The fourth-order valence-electron chi connectivity index (χ4n) is 3.03. The van der Waals surface area contributed by atoms with Crippen LogP contribution in [0.3, 0.4) is 0 Å². The van der Waals surface area contributed by atoms with Crippen LogP contribution in [0.4, 0.5) is 0 Å². The minimum absolute atomic E-state index is 1.37. The molecule has 0 aromatic carbocycles. The predicted octanol–water partition coefficient (Wildman–Crippen LogP) is 8.44. The van der Waals surface area contributed by atoms with E-state index < -0.39 is 0 Å². The van der Waals surface area contributed by atoms with E-state index in [0.29, 0.717) is 0 Å². The summed E-state index contributed by atoms with van der Waals surface area (Å²) in [5, 5.41) is 2.92. The Morgan fingerprint density at radius 1 is 0.400 bits per heavy atom. The molecule has 0 saturated heterocycles. The van der Waals surface area contributed by atoms with Gasteiger partial charge >= 0.3 is 0 Å². The molecule has 1 heterocycles. The molecule has 1 N–H and O–H groups in total. The second-order valence-corrected chi connectivity index (χ2v) is 7.22. The molecular weight excluding hydrogens is 302 g/mol. The fraction of sp³-hybridized carbons (Fsp3) is 0.750. The molecule has 0 aromatic rings. The standard InChI is InChI=1S/C18H38.C6H7N/c1-3-5-7-9-11-13-15-17-18-16-14-12-10-8-6-4-2;1-2-4-6-7-5-3-1/h3-18H2,1-2H3;1-7H. The highest BCUT2D eigenvalue weighted by atomic mass is 14.8. The van der Waals surface area contributed by atoms with Crippen molar-refractivity contribution in [3.05, 3.63) is 36.7 Å². The van der Waals surface area contributed by atoms with Crippen LogP contribution in [0.5, 0.6) is 0 Å². The second-order valence-electron chi connectivity index (χ2n) is 7.22. The topological polar surface area (TPSA) is 12.0 Å². The number of hydrogen-bond acceptors (Lipinski definition) is 1. The first kappa shape index (κ1) is 24.0. The van der Waals surface area contributed by atoms with Crippen LogP contribution < -0.4 is 5.32 Å². The summed E-state index contributed by atoms with van der Waals surface area (Å²) in [6.45, 7) is 4.59. The smallest absolute Gasteiger partial charge is 0.000442 e. The summed E-state index contributed by atoms with van der Waals surface area (Å²) >= 11 is 0. The van der Waals surface area contributed by atoms with Crippen LogP contribution in [0.25, 0.3) is 0 Å². The van der Waals surface area contributed by atoms with Crippen molar-refractivity contribution in [3.8, 4) is 0 Å². The molecule has 0 atom stereocenters. The monoisotopic (exact) mass is 347 g/mol. The lowest BCUT2D eigenvalue weighted by atomic mass is 10.0. The molecule has 146 valence electrons. The summed E-state index contributed by atoms with van der Waals surface area (Å²) in [5.74, 6) is 0. The average Bonchev–Trinajstić information content (AvgIpc) is 2.95. The van der Waals surface area contributed by atoms with Crippen LogP contribution in [0.15, 0.2) is 36.7 Å². The van der Waals surface area contributed by atoms with Crippen molar-refractivity contribution in [1.29, 1.82) is 0 Å². The maximum absolute atomic E-state index is 2.92. The van der Waals surface area contributed by atoms with Crippen LogP contribution in [0, 0.1) is 0 Å². The van der Waals surface area contributed by atoms with Gasteiger partial charge in [0.15, 0.2) is 0 Å². The lowest BCUT2D eigenvalue weighted by Gasteiger charge is -2.03. The van der Waals surface area contributed by atoms with Gasteiger partial charge < -0.3 is 5.32 Å². The molecule has 1 rings (SSSR count). The van der Waals surface area contributed by atoms with Crippen molar-refractivity contribution < 1.29 is 0 Å². The van der Waals surface area contributed by atoms with Crippen LogP contribution >= 0.6 is 0 Å². The van der Waals surface area contributed by atoms with E-state index >= 15 is 0 Å². The zero-order chi connectivity index (χ0) is 18.3. The van der Waals surface area contributed by atoms with Gasteiger partial charge in [0.05, 0.1) is 0 Å². The van der Waals surface area contributed by atoms with Crippen molar-refractivity contribution >= 4 is 0 Å². The van der Waals surface area contributed by atoms with Gasteiger partial charge in [-0.15, -0.1) is 0 Å². The Morgan fingerprint density at radius 2 is 0.680 bits per heavy atom. The van der Waals surface area contributed by atoms with Crippen molar-refractivity contribution in [2.45, 2.75) is 117 Å². The van der Waals surface area contributed by atoms with Gasteiger partial charge in [-0.25, -0.2) is 0 Å². The summed E-state index contributed by atoms with van der Waals surface area (Å²) in [4.78, 5) is 0. The molecular formula is C24H45N. The molecule has 0 aromatic heterocycles. The molecule has 0 bridgehead atoms. The summed E-state index contributed by atoms with van der Waals surface area (Å²) in [6.07, 6.45) is 35.0. The molecule has 1 aliphatic heterocycles. The highest BCUT2D eigenvalue weighted by Gasteiger charge is 1.93. The lowest BCUT2D eigenvalue weighted by Crippen LogP contribution is -1.87. The average molecular weight is 348 g/mol. The van der Waals surface area contributed by atoms with E-state index in [1.54, 1.807) is 0 Å². The van der Waals surface area contributed by atoms with E-state index in [2.05, 4.69) is 19.2 Å². The summed E-state index contributed by atoms with van der Waals surface area (Å²) < 4.78 is 0. The first-order valence-electron chi connectivity index (χ1n) is 11.2. The van der Waals surface area contributed by atoms with Gasteiger partial charge in [0.2, 0.25) is 0 Å². The molecule has 25 heavy (non-hydrogen) atoms. The predicted molar refractivity (Wildman–Crippen MR) is 116 cm³/mol. The normalized spacial score (nSPS) is 12.4. The molecule has 0 fully saturated rings. The highest BCUT2D eigenvalue weighted by Crippen LogP contribution is 2.13. The number of rotatable bonds is 15. The Hall–Kier alpha value is -0.980. The third-order valence-corrected chi connectivity index (χ3v) is 4.68. The molecule has 0 aliphatic carbocycles. The molecule has 0 radical (unpaired) electrons. The molecule has 0 unspecified atom stereocenters. The van der Waals surface area contributed by atoms with E-state index in [1.165, 1.54) is 103 Å². The van der Waals surface area contributed by atoms with Crippen molar-refractivity contribution in [3.63, 3.8) is 0 Å². The fourth-order valence-corrected chi connectivity index (χ4v) is 3.03. The largest absolute Gasteiger partial charge is 0.368 e. The molecule has 1 aliphatic rings. The van der Waals surface area contributed by atoms with Crippen molar-refractivity contribution in [1.82, 2.24) is 5.32 Å². The van der Waals surface area contributed by atoms with Crippen LogP contribution in [-0.2, 0) is 0 Å². The lowest BCUT2D eigenvalue weighted by molar-refractivity contribution is 0.531. The molecule has 0 amide bonds. The maximum atomic E-state index is 2.92. The van der Waals surface area contributed by atoms with Crippen LogP contribution in [0.2, 0.25) is 0 Å². The first-order chi connectivity index (χ1) is 12.4. The SMILES string of the molecule is C1=CC=CNC=C1.CCCCCCCCCCCCCCCCCC. The van der Waals surface area contributed by atoms with E-state index in [0.717, 1.165) is 0 Å². The molecule has 0 spiro atoms. The van der Waals surface area contributed by atoms with E-state index in [1.807, 2.05) is 36.7 Å². The Bertz CT molecular complexity index is 284. The molecule has 1 nitrogen and oxygen atoms in total. The van der Waals surface area contributed by atoms with Crippen LogP contribution in [-0.4, -0.2) is 0 Å². The van der Waals surface area contributed by atoms with Gasteiger partial charge in [-0.3, -0.25) is 0 Å². The van der Waals surface area contributed by atoms with Crippen molar-refractivity contribution in [2.75, 3.05) is 0 Å². The van der Waals surface area contributed by atoms with Gasteiger partial charge in [-0.05, 0) is 12.2 Å². The van der Waals surface area contributed by atoms with Gasteiger partial charge in [-0.1, -0.05) is 129 Å². The summed E-state index contributed by atoms with van der Waals surface area (Å²) in [6, 6.07) is 0.